The Bertz CT molecular complexity index is 400. The van der Waals surface area contributed by atoms with Crippen molar-refractivity contribution in [3.05, 3.63) is 28.8 Å². The van der Waals surface area contributed by atoms with E-state index in [1.807, 2.05) is 0 Å². The molecule has 2 nitrogen and oxygen atoms in total. The lowest BCUT2D eigenvalue weighted by Gasteiger charge is -2.18. The lowest BCUT2D eigenvalue weighted by Crippen LogP contribution is -2.07. The zero-order chi connectivity index (χ0) is 13.0. The van der Waals surface area contributed by atoms with E-state index in [-0.39, 0.29) is 0 Å². The Morgan fingerprint density at radius 1 is 1.17 bits per heavy atom. The van der Waals surface area contributed by atoms with E-state index in [0.717, 1.165) is 18.7 Å². The number of methoxy groups -OCH3 is 1. The Kier molecular flexibility index (Phi) is 4.65. The molecule has 0 aliphatic heterocycles. The van der Waals surface area contributed by atoms with Gasteiger partial charge in [0, 0.05) is 0 Å². The van der Waals surface area contributed by atoms with Gasteiger partial charge in [-0.3, -0.25) is 0 Å². The number of ether oxygens (including phenoxy) is 1. The van der Waals surface area contributed by atoms with Crippen molar-refractivity contribution in [2.45, 2.75) is 51.4 Å². The number of hydrogen-bond acceptors (Lipinski definition) is 2. The molecule has 18 heavy (non-hydrogen) atoms. The quantitative estimate of drug-likeness (QED) is 0.827. The second kappa shape index (κ2) is 6.24. The highest BCUT2D eigenvalue weighted by molar-refractivity contribution is 5.45. The zero-order valence-corrected chi connectivity index (χ0v) is 11.7. The van der Waals surface area contributed by atoms with Gasteiger partial charge in [0.05, 0.1) is 7.11 Å². The predicted molar refractivity (Wildman–Crippen MR) is 76.3 cm³/mol. The van der Waals surface area contributed by atoms with Crippen LogP contribution in [0.4, 0.5) is 0 Å². The molecule has 2 rings (SSSR count). The molecule has 0 saturated heterocycles. The minimum Gasteiger partial charge on any atom is -0.496 e. The third-order valence-electron chi connectivity index (χ3n) is 4.07. The summed E-state index contributed by atoms with van der Waals surface area (Å²) < 4.78 is 5.58. The standard InChI is InChI=1S/C16H25NO/c1-12(8-9-17)15-10-13-6-4-3-5-7-14(13)11-16(15)18-2/h10-12H,3-9,17H2,1-2H3. The molecule has 1 aliphatic carbocycles. The average Bonchev–Trinajstić information content (AvgIpc) is 2.61. The third-order valence-corrected chi connectivity index (χ3v) is 4.07. The number of fused-ring (bicyclic) bond motifs is 1. The summed E-state index contributed by atoms with van der Waals surface area (Å²) >= 11 is 0. The number of aryl methyl sites for hydroxylation is 2. The fourth-order valence-electron chi connectivity index (χ4n) is 2.93. The molecule has 0 radical (unpaired) electrons. The van der Waals surface area contributed by atoms with Crippen molar-refractivity contribution in [1.82, 2.24) is 0 Å². The van der Waals surface area contributed by atoms with E-state index < -0.39 is 0 Å². The highest BCUT2D eigenvalue weighted by atomic mass is 16.5. The number of benzene rings is 1. The Morgan fingerprint density at radius 3 is 2.44 bits per heavy atom. The molecule has 1 aromatic carbocycles. The first-order chi connectivity index (χ1) is 8.76. The van der Waals surface area contributed by atoms with E-state index in [4.69, 9.17) is 10.5 Å². The molecule has 2 heteroatoms. The van der Waals surface area contributed by atoms with Gasteiger partial charge in [0.1, 0.15) is 5.75 Å². The molecule has 0 saturated carbocycles. The molecular weight excluding hydrogens is 222 g/mol. The van der Waals surface area contributed by atoms with Crippen LogP contribution in [0.1, 0.15) is 55.2 Å². The van der Waals surface area contributed by atoms with Crippen molar-refractivity contribution in [3.63, 3.8) is 0 Å². The summed E-state index contributed by atoms with van der Waals surface area (Å²) in [6.45, 7) is 2.98. The van der Waals surface area contributed by atoms with Gasteiger partial charge in [-0.2, -0.15) is 0 Å². The van der Waals surface area contributed by atoms with Crippen molar-refractivity contribution in [1.29, 1.82) is 0 Å². The largest absolute Gasteiger partial charge is 0.496 e. The monoisotopic (exact) mass is 247 g/mol. The van der Waals surface area contributed by atoms with Gasteiger partial charge in [-0.25, -0.2) is 0 Å². The van der Waals surface area contributed by atoms with Crippen LogP contribution in [-0.4, -0.2) is 13.7 Å². The van der Waals surface area contributed by atoms with E-state index in [2.05, 4.69) is 19.1 Å². The van der Waals surface area contributed by atoms with Gasteiger partial charge in [-0.1, -0.05) is 19.4 Å². The van der Waals surface area contributed by atoms with Gasteiger partial charge in [-0.15, -0.1) is 0 Å². The van der Waals surface area contributed by atoms with E-state index >= 15 is 0 Å². The molecule has 1 aromatic rings. The molecular formula is C16H25NO. The highest BCUT2D eigenvalue weighted by Crippen LogP contribution is 2.34. The predicted octanol–water partition coefficient (Wildman–Crippen LogP) is 3.42. The zero-order valence-electron chi connectivity index (χ0n) is 11.7. The van der Waals surface area contributed by atoms with Crippen LogP contribution in [-0.2, 0) is 12.8 Å². The van der Waals surface area contributed by atoms with Crippen molar-refractivity contribution in [2.75, 3.05) is 13.7 Å². The van der Waals surface area contributed by atoms with Crippen molar-refractivity contribution < 1.29 is 4.74 Å². The number of hydrogen-bond donors (Lipinski definition) is 1. The fraction of sp³-hybridized carbons (Fsp3) is 0.625. The summed E-state index contributed by atoms with van der Waals surface area (Å²) in [4.78, 5) is 0. The molecule has 1 unspecified atom stereocenters. The lowest BCUT2D eigenvalue weighted by atomic mass is 9.91. The van der Waals surface area contributed by atoms with Crippen molar-refractivity contribution in [3.8, 4) is 5.75 Å². The van der Waals surface area contributed by atoms with Gasteiger partial charge in [-0.05, 0) is 67.3 Å². The lowest BCUT2D eigenvalue weighted by molar-refractivity contribution is 0.404. The first kappa shape index (κ1) is 13.4. The molecule has 0 fully saturated rings. The minimum atomic E-state index is 0.485. The van der Waals surface area contributed by atoms with Crippen LogP contribution in [0.25, 0.3) is 0 Å². The van der Waals surface area contributed by atoms with E-state index in [9.17, 15) is 0 Å². The van der Waals surface area contributed by atoms with E-state index in [1.165, 1.54) is 48.8 Å². The van der Waals surface area contributed by atoms with E-state index in [1.54, 1.807) is 7.11 Å². The Morgan fingerprint density at radius 2 is 1.83 bits per heavy atom. The van der Waals surface area contributed by atoms with Crippen LogP contribution in [0.15, 0.2) is 12.1 Å². The Hall–Kier alpha value is -1.02. The van der Waals surface area contributed by atoms with Gasteiger partial charge in [0.25, 0.3) is 0 Å². The summed E-state index contributed by atoms with van der Waals surface area (Å²) in [7, 11) is 1.77. The van der Waals surface area contributed by atoms with Crippen LogP contribution in [0.3, 0.4) is 0 Å². The highest BCUT2D eigenvalue weighted by Gasteiger charge is 2.16. The molecule has 0 amide bonds. The molecule has 1 aliphatic rings. The second-order valence-corrected chi connectivity index (χ2v) is 5.40. The van der Waals surface area contributed by atoms with Gasteiger partial charge in [0.2, 0.25) is 0 Å². The van der Waals surface area contributed by atoms with Crippen molar-refractivity contribution in [2.24, 2.45) is 5.73 Å². The summed E-state index contributed by atoms with van der Waals surface area (Å²) in [5, 5.41) is 0. The van der Waals surface area contributed by atoms with Crippen LogP contribution < -0.4 is 10.5 Å². The van der Waals surface area contributed by atoms with Gasteiger partial charge in [0.15, 0.2) is 0 Å². The number of nitrogens with two attached hydrogens (primary N) is 1. The van der Waals surface area contributed by atoms with Gasteiger partial charge >= 0.3 is 0 Å². The Labute approximate surface area is 111 Å². The normalized spacial score (nSPS) is 16.8. The molecule has 0 spiro atoms. The van der Waals surface area contributed by atoms with E-state index in [0.29, 0.717) is 5.92 Å². The molecule has 0 aromatic heterocycles. The van der Waals surface area contributed by atoms with Crippen molar-refractivity contribution >= 4 is 0 Å². The molecule has 2 N–H and O–H groups in total. The smallest absolute Gasteiger partial charge is 0.122 e. The third kappa shape index (κ3) is 2.86. The summed E-state index contributed by atoms with van der Waals surface area (Å²) in [5.41, 5.74) is 10.0. The molecule has 1 atom stereocenters. The summed E-state index contributed by atoms with van der Waals surface area (Å²) in [6, 6.07) is 4.64. The van der Waals surface area contributed by atoms with Crippen LogP contribution in [0.5, 0.6) is 5.75 Å². The first-order valence-electron chi connectivity index (χ1n) is 7.16. The molecule has 0 heterocycles. The topological polar surface area (TPSA) is 35.2 Å². The van der Waals surface area contributed by atoms with Gasteiger partial charge < -0.3 is 10.5 Å². The second-order valence-electron chi connectivity index (χ2n) is 5.40. The Balaban J connectivity index is 2.36. The maximum Gasteiger partial charge on any atom is 0.122 e. The first-order valence-corrected chi connectivity index (χ1v) is 7.16. The van der Waals surface area contributed by atoms with Crippen LogP contribution in [0, 0.1) is 0 Å². The number of rotatable bonds is 4. The summed E-state index contributed by atoms with van der Waals surface area (Å²) in [6.07, 6.45) is 7.44. The fourth-order valence-corrected chi connectivity index (χ4v) is 2.93. The maximum atomic E-state index is 5.68. The minimum absolute atomic E-state index is 0.485. The summed E-state index contributed by atoms with van der Waals surface area (Å²) in [5.74, 6) is 1.54. The maximum absolute atomic E-state index is 5.68. The average molecular weight is 247 g/mol. The SMILES string of the molecule is COc1cc2c(cc1C(C)CCN)CCCCC2. The molecule has 100 valence electrons. The van der Waals surface area contributed by atoms with Crippen LogP contribution in [0.2, 0.25) is 0 Å². The molecule has 0 bridgehead atoms. The van der Waals surface area contributed by atoms with Crippen LogP contribution >= 0.6 is 0 Å².